The highest BCUT2D eigenvalue weighted by molar-refractivity contribution is 5.97. The number of rotatable bonds is 0. The van der Waals surface area contributed by atoms with E-state index in [1.807, 2.05) is 24.8 Å². The molecule has 0 saturated heterocycles. The van der Waals surface area contributed by atoms with Gasteiger partial charge in [-0.1, -0.05) is 6.07 Å². The van der Waals surface area contributed by atoms with Crippen molar-refractivity contribution in [1.29, 1.82) is 0 Å². The number of fused-ring (bicyclic) bond motifs is 5. The minimum Gasteiger partial charge on any atom is -0.297 e. The molecule has 3 aromatic heterocycles. The van der Waals surface area contributed by atoms with Gasteiger partial charge in [-0.05, 0) is 32.4 Å². The Hall–Kier alpha value is -2.69. The smallest absolute Gasteiger partial charge is 0.238 e. The third kappa shape index (κ3) is 1.32. The van der Waals surface area contributed by atoms with E-state index >= 15 is 0 Å². The van der Waals surface area contributed by atoms with E-state index < -0.39 is 0 Å². The lowest BCUT2D eigenvalue weighted by molar-refractivity contribution is -0.661. The molecule has 114 valence electrons. The van der Waals surface area contributed by atoms with E-state index in [0.29, 0.717) is 0 Å². The van der Waals surface area contributed by atoms with Gasteiger partial charge in [0.15, 0.2) is 6.20 Å². The zero-order valence-electron chi connectivity index (χ0n) is 13.7. The van der Waals surface area contributed by atoms with E-state index in [-0.39, 0.29) is 5.54 Å². The Morgan fingerprint density at radius 1 is 1.13 bits per heavy atom. The predicted octanol–water partition coefficient (Wildman–Crippen LogP) is 2.58. The molecule has 23 heavy (non-hydrogen) atoms. The van der Waals surface area contributed by atoms with Gasteiger partial charge in [-0.25, -0.2) is 9.97 Å². The van der Waals surface area contributed by atoms with Crippen LogP contribution in [0.15, 0.2) is 36.9 Å². The van der Waals surface area contributed by atoms with E-state index in [9.17, 15) is 0 Å². The molecule has 0 atom stereocenters. The van der Waals surface area contributed by atoms with Crippen LogP contribution in [-0.4, -0.2) is 18.9 Å². The van der Waals surface area contributed by atoms with Crippen LogP contribution in [0.25, 0.3) is 28.1 Å². The number of hydrogen-bond acceptors (Lipinski definition) is 2. The lowest BCUT2D eigenvalue weighted by Gasteiger charge is -2.32. The van der Waals surface area contributed by atoms with Crippen molar-refractivity contribution in [2.24, 2.45) is 7.05 Å². The van der Waals surface area contributed by atoms with Crippen LogP contribution < -0.4 is 4.57 Å². The maximum atomic E-state index is 4.75. The van der Waals surface area contributed by atoms with Crippen LogP contribution in [0.4, 0.5) is 0 Å². The van der Waals surface area contributed by atoms with Crippen molar-refractivity contribution in [2.45, 2.75) is 26.3 Å². The van der Waals surface area contributed by atoms with Gasteiger partial charge in [0.1, 0.15) is 12.7 Å². The van der Waals surface area contributed by atoms with E-state index in [1.54, 1.807) is 0 Å². The summed E-state index contributed by atoms with van der Waals surface area (Å²) in [6.45, 7) is 6.61. The van der Waals surface area contributed by atoms with Crippen LogP contribution in [0.2, 0.25) is 0 Å². The van der Waals surface area contributed by atoms with Crippen molar-refractivity contribution in [1.82, 2.24) is 18.9 Å². The van der Waals surface area contributed by atoms with Gasteiger partial charge in [-0.15, -0.1) is 0 Å². The maximum absolute atomic E-state index is 4.75. The van der Waals surface area contributed by atoms with Crippen LogP contribution in [0.1, 0.15) is 25.1 Å². The van der Waals surface area contributed by atoms with Crippen LogP contribution >= 0.6 is 0 Å². The second-order valence-electron chi connectivity index (χ2n) is 6.85. The van der Waals surface area contributed by atoms with Crippen molar-refractivity contribution < 1.29 is 4.57 Å². The first kappa shape index (κ1) is 12.8. The Kier molecular flexibility index (Phi) is 2.11. The van der Waals surface area contributed by atoms with Crippen LogP contribution in [0.5, 0.6) is 0 Å². The van der Waals surface area contributed by atoms with Gasteiger partial charge in [-0.2, -0.15) is 4.57 Å². The molecule has 5 nitrogen and oxygen atoms in total. The minimum absolute atomic E-state index is 0.260. The summed E-state index contributed by atoms with van der Waals surface area (Å²) >= 11 is 0. The number of benzene rings is 1. The van der Waals surface area contributed by atoms with Crippen molar-refractivity contribution in [2.75, 3.05) is 0 Å². The topological polar surface area (TPSA) is 39.0 Å². The van der Waals surface area contributed by atoms with Crippen LogP contribution in [0, 0.1) is 6.92 Å². The maximum Gasteiger partial charge on any atom is 0.238 e. The molecule has 0 bridgehead atoms. The number of aryl methyl sites for hydroxylation is 2. The van der Waals surface area contributed by atoms with Gasteiger partial charge in [-0.3, -0.25) is 8.97 Å². The van der Waals surface area contributed by atoms with Gasteiger partial charge in [0, 0.05) is 12.4 Å². The second kappa shape index (κ2) is 3.79. The normalized spacial score (nSPS) is 15.3. The number of hydrogen-bond donors (Lipinski definition) is 0. The molecule has 0 saturated carbocycles. The number of imidazole rings is 2. The van der Waals surface area contributed by atoms with E-state index in [4.69, 9.17) is 4.98 Å². The van der Waals surface area contributed by atoms with Crippen LogP contribution in [-0.2, 0) is 12.6 Å². The van der Waals surface area contributed by atoms with Crippen molar-refractivity contribution >= 4 is 16.8 Å². The molecular formula is C18H18N5+. The fourth-order valence-corrected chi connectivity index (χ4v) is 4.04. The first-order valence-electron chi connectivity index (χ1n) is 7.85. The zero-order chi connectivity index (χ0) is 15.9. The molecule has 5 heteroatoms. The van der Waals surface area contributed by atoms with Gasteiger partial charge in [0.2, 0.25) is 11.5 Å². The summed E-state index contributed by atoms with van der Waals surface area (Å²) in [7, 11) is 2.10. The zero-order valence-corrected chi connectivity index (χ0v) is 13.7. The SMILES string of the molecule is Cc1ccc2c3c1-c1c(ncc[n+]1C)C(C)(C)n3c1nccn21. The highest BCUT2D eigenvalue weighted by Crippen LogP contribution is 2.44. The summed E-state index contributed by atoms with van der Waals surface area (Å²) in [5.41, 5.74) is 7.00. The fraction of sp³-hybridized carbons (Fsp3) is 0.278. The molecule has 4 aromatic rings. The summed E-state index contributed by atoms with van der Waals surface area (Å²) < 4.78 is 6.69. The summed E-state index contributed by atoms with van der Waals surface area (Å²) in [5.74, 6) is 0.968. The molecule has 0 fully saturated rings. The number of aromatic nitrogens is 5. The van der Waals surface area contributed by atoms with Crippen molar-refractivity contribution in [3.63, 3.8) is 0 Å². The molecule has 1 aromatic carbocycles. The summed E-state index contributed by atoms with van der Waals surface area (Å²) in [4.78, 5) is 9.37. The minimum atomic E-state index is -0.260. The molecule has 0 radical (unpaired) electrons. The second-order valence-corrected chi connectivity index (χ2v) is 6.85. The molecule has 1 aliphatic rings. The average molecular weight is 304 g/mol. The lowest BCUT2D eigenvalue weighted by Crippen LogP contribution is -2.41. The molecule has 4 heterocycles. The molecule has 0 spiro atoms. The van der Waals surface area contributed by atoms with Gasteiger partial charge < -0.3 is 0 Å². The van der Waals surface area contributed by atoms with E-state index in [1.165, 1.54) is 27.9 Å². The highest BCUT2D eigenvalue weighted by atomic mass is 15.2. The molecule has 0 amide bonds. The molecule has 0 aliphatic carbocycles. The Balaban J connectivity index is 2.16. The third-order valence-electron chi connectivity index (χ3n) is 5.12. The fourth-order valence-electron chi connectivity index (χ4n) is 4.04. The van der Waals surface area contributed by atoms with Gasteiger partial charge in [0.25, 0.3) is 0 Å². The first-order chi connectivity index (χ1) is 11.0. The quantitative estimate of drug-likeness (QED) is 0.468. The van der Waals surface area contributed by atoms with Gasteiger partial charge in [0.05, 0.1) is 28.3 Å². The predicted molar refractivity (Wildman–Crippen MR) is 88.3 cm³/mol. The molecule has 0 unspecified atom stereocenters. The third-order valence-corrected chi connectivity index (χ3v) is 5.12. The molecular weight excluding hydrogens is 286 g/mol. The largest absolute Gasteiger partial charge is 0.297 e. The van der Waals surface area contributed by atoms with Gasteiger partial charge >= 0.3 is 0 Å². The average Bonchev–Trinajstić information content (AvgIpc) is 3.07. The molecule has 1 aliphatic heterocycles. The standard InChI is InChI=1S/C18H18N5/c1-11-5-6-12-14-13(11)15-16(19-7-9-21(15)4)18(2,3)23(14)17-20-8-10-22(12)17/h5-10H,1-4H3/q+1. The van der Waals surface area contributed by atoms with E-state index in [2.05, 4.69) is 58.5 Å². The van der Waals surface area contributed by atoms with Crippen molar-refractivity contribution in [3.8, 4) is 11.3 Å². The summed E-state index contributed by atoms with van der Waals surface area (Å²) in [6, 6.07) is 4.38. The highest BCUT2D eigenvalue weighted by Gasteiger charge is 2.42. The Morgan fingerprint density at radius 2 is 1.96 bits per heavy atom. The summed E-state index contributed by atoms with van der Waals surface area (Å²) in [5, 5.41) is 0. The monoisotopic (exact) mass is 304 g/mol. The molecule has 0 N–H and O–H groups in total. The molecule has 5 rings (SSSR count). The van der Waals surface area contributed by atoms with Crippen molar-refractivity contribution in [3.05, 3.63) is 48.2 Å². The Bertz CT molecular complexity index is 1110. The summed E-state index contributed by atoms with van der Waals surface area (Å²) in [6.07, 6.45) is 7.80. The number of nitrogens with zero attached hydrogens (tertiary/aromatic N) is 5. The Labute approximate surface area is 133 Å². The van der Waals surface area contributed by atoms with Crippen LogP contribution in [0.3, 0.4) is 0 Å². The first-order valence-corrected chi connectivity index (χ1v) is 7.85. The lowest BCUT2D eigenvalue weighted by atomic mass is 9.88. The van der Waals surface area contributed by atoms with E-state index in [0.717, 1.165) is 11.5 Å². The Morgan fingerprint density at radius 3 is 2.78 bits per heavy atom.